The summed E-state index contributed by atoms with van der Waals surface area (Å²) in [6.07, 6.45) is 2.21. The summed E-state index contributed by atoms with van der Waals surface area (Å²) in [4.78, 5) is 0. The molecule has 4 aromatic rings. The van der Waals surface area contributed by atoms with E-state index in [2.05, 4.69) is 0 Å². The largest absolute Gasteiger partial charge is 0.313 e. The summed E-state index contributed by atoms with van der Waals surface area (Å²) in [5.74, 6) is 0. The molecule has 33 heavy (non-hydrogen) atoms. The lowest BCUT2D eigenvalue weighted by molar-refractivity contribution is 0.0774. The molecule has 0 heterocycles. The van der Waals surface area contributed by atoms with Gasteiger partial charge in [0, 0.05) is 31.5 Å². The molecular formula is C29H26O2P2. The number of rotatable bonds is 6. The van der Waals surface area contributed by atoms with Gasteiger partial charge >= 0.3 is 0 Å². The Hall–Kier alpha value is -2.66. The van der Waals surface area contributed by atoms with Gasteiger partial charge in [-0.05, 0) is 19.3 Å². The Kier molecular flexibility index (Phi) is 4.70. The third kappa shape index (κ3) is 2.75. The summed E-state index contributed by atoms with van der Waals surface area (Å²) >= 11 is 0. The van der Waals surface area contributed by atoms with Crippen LogP contribution in [0.1, 0.15) is 19.3 Å². The van der Waals surface area contributed by atoms with Crippen LogP contribution in [0.2, 0.25) is 0 Å². The molecule has 0 atom stereocenters. The second kappa shape index (κ2) is 7.42. The molecule has 3 aliphatic rings. The van der Waals surface area contributed by atoms with Gasteiger partial charge in [-0.25, -0.2) is 0 Å². The van der Waals surface area contributed by atoms with Gasteiger partial charge in [-0.3, -0.25) is 0 Å². The third-order valence-electron chi connectivity index (χ3n) is 7.79. The number of benzene rings is 4. The molecule has 0 N–H and O–H groups in total. The maximum atomic E-state index is 15.0. The molecule has 3 saturated carbocycles. The number of hydrogen-bond donors (Lipinski definition) is 0. The predicted octanol–water partition coefficient (Wildman–Crippen LogP) is 5.69. The van der Waals surface area contributed by atoms with Crippen molar-refractivity contribution < 1.29 is 9.13 Å². The first-order valence-corrected chi connectivity index (χ1v) is 14.9. The second-order valence-corrected chi connectivity index (χ2v) is 15.9. The summed E-state index contributed by atoms with van der Waals surface area (Å²) in [6, 6.07) is 39.8. The van der Waals surface area contributed by atoms with Crippen LogP contribution in [0, 0.1) is 0 Å². The Morgan fingerprint density at radius 1 is 0.394 bits per heavy atom. The van der Waals surface area contributed by atoms with Gasteiger partial charge in [0.1, 0.15) is 14.3 Å². The Balaban J connectivity index is 1.46. The molecule has 2 nitrogen and oxygen atoms in total. The molecule has 0 radical (unpaired) electrons. The van der Waals surface area contributed by atoms with Crippen LogP contribution >= 0.6 is 14.3 Å². The van der Waals surface area contributed by atoms with E-state index in [1.807, 2.05) is 121 Å². The zero-order valence-corrected chi connectivity index (χ0v) is 20.2. The van der Waals surface area contributed by atoms with E-state index in [0.717, 1.165) is 40.5 Å². The molecule has 0 aromatic heterocycles. The van der Waals surface area contributed by atoms with Gasteiger partial charge in [-0.2, -0.15) is 0 Å². The van der Waals surface area contributed by atoms with Gasteiger partial charge < -0.3 is 9.13 Å². The lowest BCUT2D eigenvalue weighted by Crippen LogP contribution is -2.74. The van der Waals surface area contributed by atoms with Crippen LogP contribution in [0.4, 0.5) is 0 Å². The fourth-order valence-electron chi connectivity index (χ4n) is 6.30. The smallest absolute Gasteiger partial charge is 0.149 e. The maximum absolute atomic E-state index is 15.0. The minimum Gasteiger partial charge on any atom is -0.313 e. The Bertz CT molecular complexity index is 1170. The van der Waals surface area contributed by atoms with Crippen molar-refractivity contribution in [3.8, 4) is 0 Å². The molecule has 0 saturated heterocycles. The Morgan fingerprint density at radius 3 is 0.818 bits per heavy atom. The zero-order chi connectivity index (χ0) is 22.6. The number of hydrogen-bond acceptors (Lipinski definition) is 2. The van der Waals surface area contributed by atoms with E-state index in [1.165, 1.54) is 0 Å². The van der Waals surface area contributed by atoms with Gasteiger partial charge in [-0.1, -0.05) is 121 Å². The highest BCUT2D eigenvalue weighted by molar-refractivity contribution is 7.83. The van der Waals surface area contributed by atoms with Crippen molar-refractivity contribution in [1.82, 2.24) is 0 Å². The van der Waals surface area contributed by atoms with E-state index in [9.17, 15) is 0 Å². The summed E-state index contributed by atoms with van der Waals surface area (Å²) < 4.78 is 30.0. The average Bonchev–Trinajstić information content (AvgIpc) is 2.84. The minimum absolute atomic E-state index is 0.311. The molecule has 0 aliphatic heterocycles. The fraction of sp³-hybridized carbons (Fsp3) is 0.172. The first kappa shape index (κ1) is 20.9. The van der Waals surface area contributed by atoms with E-state index in [4.69, 9.17) is 0 Å². The molecule has 7 rings (SSSR count). The molecule has 3 fully saturated rings. The van der Waals surface area contributed by atoms with E-state index >= 15 is 9.13 Å². The van der Waals surface area contributed by atoms with Crippen LogP contribution in [0.15, 0.2) is 121 Å². The molecule has 0 unspecified atom stereocenters. The fourth-order valence-corrected chi connectivity index (χ4v) is 15.0. The van der Waals surface area contributed by atoms with Crippen molar-refractivity contribution in [3.05, 3.63) is 121 Å². The molecular weight excluding hydrogens is 442 g/mol. The first-order valence-electron chi connectivity index (χ1n) is 11.5. The average molecular weight is 468 g/mol. The van der Waals surface area contributed by atoms with Gasteiger partial charge in [0.15, 0.2) is 0 Å². The van der Waals surface area contributed by atoms with Crippen LogP contribution in [-0.4, -0.2) is 10.3 Å². The Labute approximate surface area is 195 Å². The van der Waals surface area contributed by atoms with Gasteiger partial charge in [0.25, 0.3) is 0 Å². The molecule has 0 amide bonds. The first-order chi connectivity index (χ1) is 16.0. The lowest BCUT2D eigenvalue weighted by Gasteiger charge is -2.74. The molecule has 0 spiro atoms. The normalized spacial score (nSPS) is 23.9. The minimum atomic E-state index is -2.89. The van der Waals surface area contributed by atoms with Crippen molar-refractivity contribution in [1.29, 1.82) is 0 Å². The quantitative estimate of drug-likeness (QED) is 0.341. The topological polar surface area (TPSA) is 34.1 Å². The SMILES string of the molecule is O=P(c1ccccc1)(c1ccccc1)C12CC(P(=O)(c3ccccc3)c3ccccc3)(C1)C2. The summed E-state index contributed by atoms with van der Waals surface area (Å²) in [5, 5.41) is 3.04. The molecule has 3 aliphatic carbocycles. The molecule has 4 heteroatoms. The lowest BCUT2D eigenvalue weighted by atomic mass is 9.54. The highest BCUT2D eigenvalue weighted by atomic mass is 31.2. The van der Waals surface area contributed by atoms with Crippen LogP contribution < -0.4 is 21.2 Å². The van der Waals surface area contributed by atoms with Crippen LogP contribution in [0.5, 0.6) is 0 Å². The van der Waals surface area contributed by atoms with Gasteiger partial charge in [0.05, 0.1) is 0 Å². The van der Waals surface area contributed by atoms with Gasteiger partial charge in [0.2, 0.25) is 0 Å². The predicted molar refractivity (Wildman–Crippen MR) is 139 cm³/mol. The highest BCUT2D eigenvalue weighted by Crippen LogP contribution is 2.88. The van der Waals surface area contributed by atoms with Crippen molar-refractivity contribution in [3.63, 3.8) is 0 Å². The zero-order valence-electron chi connectivity index (χ0n) is 18.4. The van der Waals surface area contributed by atoms with E-state index < -0.39 is 14.3 Å². The van der Waals surface area contributed by atoms with Crippen molar-refractivity contribution in [2.75, 3.05) is 0 Å². The summed E-state index contributed by atoms with van der Waals surface area (Å²) in [6.45, 7) is 0. The van der Waals surface area contributed by atoms with Gasteiger partial charge in [-0.15, -0.1) is 0 Å². The maximum Gasteiger partial charge on any atom is 0.149 e. The van der Waals surface area contributed by atoms with Crippen LogP contribution in [-0.2, 0) is 9.13 Å². The highest BCUT2D eigenvalue weighted by Gasteiger charge is 2.80. The monoisotopic (exact) mass is 468 g/mol. The standard InChI is InChI=1S/C29H26O2P2/c30-32(24-13-5-1-6-14-24,25-15-7-2-8-16-25)28-21-29(22-28,23-28)33(31,26-17-9-3-10-18-26)27-19-11-4-12-20-27/h1-20H,21-23H2. The van der Waals surface area contributed by atoms with E-state index in [-0.39, 0.29) is 10.3 Å². The van der Waals surface area contributed by atoms with Crippen molar-refractivity contribution >= 4 is 35.5 Å². The Morgan fingerprint density at radius 2 is 0.606 bits per heavy atom. The molecule has 4 aromatic carbocycles. The van der Waals surface area contributed by atoms with Crippen molar-refractivity contribution in [2.24, 2.45) is 0 Å². The van der Waals surface area contributed by atoms with Crippen LogP contribution in [0.3, 0.4) is 0 Å². The van der Waals surface area contributed by atoms with E-state index in [1.54, 1.807) is 0 Å². The van der Waals surface area contributed by atoms with Crippen molar-refractivity contribution in [2.45, 2.75) is 29.6 Å². The summed E-state index contributed by atoms with van der Waals surface area (Å²) in [5.41, 5.74) is 0. The molecule has 164 valence electrons. The molecule has 2 bridgehead atoms. The summed E-state index contributed by atoms with van der Waals surface area (Å²) in [7, 11) is -5.78. The van der Waals surface area contributed by atoms with E-state index in [0.29, 0.717) is 0 Å². The second-order valence-electron chi connectivity index (χ2n) is 9.54. The van der Waals surface area contributed by atoms with Crippen LogP contribution in [0.25, 0.3) is 0 Å². The third-order valence-corrected chi connectivity index (χ3v) is 15.5.